The molecule has 0 bridgehead atoms. The fourth-order valence-electron chi connectivity index (χ4n) is 1.83. The van der Waals surface area contributed by atoms with Gasteiger partial charge in [-0.3, -0.25) is 0 Å². The minimum absolute atomic E-state index is 0.0763. The third-order valence-electron chi connectivity index (χ3n) is 2.67. The highest BCUT2D eigenvalue weighted by Crippen LogP contribution is 2.34. The first-order valence-corrected chi connectivity index (χ1v) is 8.31. The Hall–Kier alpha value is -0.790. The third-order valence-corrected chi connectivity index (χ3v) is 5.18. The van der Waals surface area contributed by atoms with E-state index in [1.54, 1.807) is 13.1 Å². The number of nitrogen functional groups attached to an aromatic ring is 1. The van der Waals surface area contributed by atoms with Crippen LogP contribution in [0.5, 0.6) is 5.75 Å². The van der Waals surface area contributed by atoms with Crippen LogP contribution in [0.15, 0.2) is 21.5 Å². The zero-order chi connectivity index (χ0) is 15.7. The number of hydrogen-bond donors (Lipinski definition) is 1. The molecule has 1 aromatic rings. The summed E-state index contributed by atoms with van der Waals surface area (Å²) in [5.41, 5.74) is 6.00. The third kappa shape index (κ3) is 3.86. The lowest BCUT2D eigenvalue weighted by molar-refractivity contribution is 0.309. The van der Waals surface area contributed by atoms with Gasteiger partial charge in [0.1, 0.15) is 10.6 Å². The van der Waals surface area contributed by atoms with Gasteiger partial charge in [-0.05, 0) is 33.5 Å². The highest BCUT2D eigenvalue weighted by Gasteiger charge is 2.28. The molecule has 5 nitrogen and oxygen atoms in total. The molecule has 0 aliphatic carbocycles. The SMILES string of the molecule is COc1cc(Br)c(N)cc1S(=O)(=O)N(C)CC(C)(C)C. The number of halogens is 1. The Morgan fingerprint density at radius 1 is 1.35 bits per heavy atom. The van der Waals surface area contributed by atoms with Gasteiger partial charge in [-0.2, -0.15) is 0 Å². The molecule has 0 saturated heterocycles. The second-order valence-electron chi connectivity index (χ2n) is 5.85. The van der Waals surface area contributed by atoms with Crippen molar-refractivity contribution in [2.75, 3.05) is 26.4 Å². The smallest absolute Gasteiger partial charge is 0.246 e. The molecule has 0 amide bonds. The molecule has 7 heteroatoms. The number of sulfonamides is 1. The van der Waals surface area contributed by atoms with Gasteiger partial charge in [0.15, 0.2) is 0 Å². The van der Waals surface area contributed by atoms with Crippen LogP contribution in [0.1, 0.15) is 20.8 Å². The molecule has 0 aliphatic rings. The second kappa shape index (κ2) is 5.91. The lowest BCUT2D eigenvalue weighted by atomic mass is 9.97. The van der Waals surface area contributed by atoms with E-state index in [0.717, 1.165) is 0 Å². The molecule has 2 N–H and O–H groups in total. The molecule has 0 aromatic heterocycles. The van der Waals surface area contributed by atoms with Gasteiger partial charge in [0, 0.05) is 23.8 Å². The number of nitrogens with zero attached hydrogens (tertiary/aromatic N) is 1. The summed E-state index contributed by atoms with van der Waals surface area (Å²) < 4.78 is 32.3. The summed E-state index contributed by atoms with van der Waals surface area (Å²) in [7, 11) is -0.662. The van der Waals surface area contributed by atoms with Crippen molar-refractivity contribution in [1.29, 1.82) is 0 Å². The molecule has 0 fully saturated rings. The van der Waals surface area contributed by atoms with Crippen molar-refractivity contribution in [3.63, 3.8) is 0 Å². The Morgan fingerprint density at radius 3 is 2.35 bits per heavy atom. The lowest BCUT2D eigenvalue weighted by Gasteiger charge is -2.26. The molecular formula is C13H21BrN2O3S. The van der Waals surface area contributed by atoms with Crippen LogP contribution in [0.4, 0.5) is 5.69 Å². The van der Waals surface area contributed by atoms with E-state index < -0.39 is 10.0 Å². The number of ether oxygens (including phenoxy) is 1. The van der Waals surface area contributed by atoms with E-state index in [-0.39, 0.29) is 16.1 Å². The monoisotopic (exact) mass is 364 g/mol. The average Bonchev–Trinajstić information content (AvgIpc) is 2.29. The van der Waals surface area contributed by atoms with Crippen molar-refractivity contribution in [1.82, 2.24) is 4.31 Å². The maximum absolute atomic E-state index is 12.6. The summed E-state index contributed by atoms with van der Waals surface area (Å²) in [6.07, 6.45) is 0. The van der Waals surface area contributed by atoms with Gasteiger partial charge in [0.25, 0.3) is 0 Å². The predicted molar refractivity (Wildman–Crippen MR) is 84.4 cm³/mol. The second-order valence-corrected chi connectivity index (χ2v) is 8.71. The average molecular weight is 365 g/mol. The Labute approximate surface area is 129 Å². The molecule has 0 saturated carbocycles. The van der Waals surface area contributed by atoms with E-state index in [4.69, 9.17) is 10.5 Å². The van der Waals surface area contributed by atoms with Crippen molar-refractivity contribution in [2.45, 2.75) is 25.7 Å². The summed E-state index contributed by atoms with van der Waals surface area (Å²) in [6, 6.07) is 2.98. The zero-order valence-corrected chi connectivity index (χ0v) is 14.8. The molecule has 1 aromatic carbocycles. The number of anilines is 1. The minimum Gasteiger partial charge on any atom is -0.495 e. The highest BCUT2D eigenvalue weighted by atomic mass is 79.9. The van der Waals surface area contributed by atoms with Crippen LogP contribution in [0.3, 0.4) is 0 Å². The number of hydrogen-bond acceptors (Lipinski definition) is 4. The van der Waals surface area contributed by atoms with Crippen LogP contribution in [0, 0.1) is 5.41 Å². The minimum atomic E-state index is -3.65. The number of rotatable bonds is 4. The van der Waals surface area contributed by atoms with Crippen molar-refractivity contribution in [3.05, 3.63) is 16.6 Å². The fraction of sp³-hybridized carbons (Fsp3) is 0.538. The lowest BCUT2D eigenvalue weighted by Crippen LogP contribution is -2.34. The molecule has 0 heterocycles. The topological polar surface area (TPSA) is 72.6 Å². The molecule has 0 spiro atoms. The van der Waals surface area contributed by atoms with Crippen LogP contribution < -0.4 is 10.5 Å². The van der Waals surface area contributed by atoms with Gasteiger partial charge >= 0.3 is 0 Å². The number of methoxy groups -OCH3 is 1. The van der Waals surface area contributed by atoms with E-state index in [0.29, 0.717) is 16.7 Å². The molecule has 0 radical (unpaired) electrons. The maximum Gasteiger partial charge on any atom is 0.246 e. The Bertz CT molecular complexity index is 594. The maximum atomic E-state index is 12.6. The van der Waals surface area contributed by atoms with Crippen LogP contribution in [0.25, 0.3) is 0 Å². The first-order chi connectivity index (χ1) is 8.99. The number of nitrogens with two attached hydrogens (primary N) is 1. The van der Waals surface area contributed by atoms with Gasteiger partial charge in [-0.15, -0.1) is 0 Å². The summed E-state index contributed by atoms with van der Waals surface area (Å²) in [5.74, 6) is 0.270. The van der Waals surface area contributed by atoms with Crippen LogP contribution in [-0.2, 0) is 10.0 Å². The van der Waals surface area contributed by atoms with E-state index in [2.05, 4.69) is 15.9 Å². The summed E-state index contributed by atoms with van der Waals surface area (Å²) in [4.78, 5) is 0.0763. The van der Waals surface area contributed by atoms with Crippen molar-refractivity contribution < 1.29 is 13.2 Å². The standard InChI is InChI=1S/C13H21BrN2O3S/c1-13(2,3)8-16(4)20(17,18)12-7-10(15)9(14)6-11(12)19-5/h6-7H,8,15H2,1-5H3. The fourth-order valence-corrected chi connectivity index (χ4v) is 3.72. The van der Waals surface area contributed by atoms with Crippen LogP contribution >= 0.6 is 15.9 Å². The van der Waals surface area contributed by atoms with Gasteiger partial charge in [0.05, 0.1) is 7.11 Å². The van der Waals surface area contributed by atoms with Gasteiger partial charge in [-0.1, -0.05) is 20.8 Å². The van der Waals surface area contributed by atoms with Gasteiger partial charge < -0.3 is 10.5 Å². The molecule has 0 unspecified atom stereocenters. The van der Waals surface area contributed by atoms with Crippen molar-refractivity contribution >= 4 is 31.6 Å². The first-order valence-electron chi connectivity index (χ1n) is 6.08. The molecule has 0 aliphatic heterocycles. The quantitative estimate of drug-likeness (QED) is 0.833. The molecule has 114 valence electrons. The molecular weight excluding hydrogens is 344 g/mol. The molecule has 1 rings (SSSR count). The Kier molecular flexibility index (Phi) is 5.10. The summed E-state index contributed by atoms with van der Waals surface area (Å²) in [6.45, 7) is 6.33. The van der Waals surface area contributed by atoms with Crippen LogP contribution in [-0.4, -0.2) is 33.4 Å². The Morgan fingerprint density at radius 2 is 1.90 bits per heavy atom. The van der Waals surface area contributed by atoms with E-state index in [1.165, 1.54) is 17.5 Å². The highest BCUT2D eigenvalue weighted by molar-refractivity contribution is 9.10. The van der Waals surface area contributed by atoms with E-state index >= 15 is 0 Å². The zero-order valence-electron chi connectivity index (χ0n) is 12.4. The van der Waals surface area contributed by atoms with Gasteiger partial charge in [-0.25, -0.2) is 12.7 Å². The first kappa shape index (κ1) is 17.3. The number of benzene rings is 1. The predicted octanol–water partition coefficient (Wildman–Crippen LogP) is 2.71. The normalized spacial score (nSPS) is 12.8. The van der Waals surface area contributed by atoms with Crippen LogP contribution in [0.2, 0.25) is 0 Å². The molecule has 20 heavy (non-hydrogen) atoms. The largest absolute Gasteiger partial charge is 0.495 e. The molecule has 0 atom stereocenters. The van der Waals surface area contributed by atoms with Crippen molar-refractivity contribution in [2.24, 2.45) is 5.41 Å². The Balaban J connectivity index is 3.32. The van der Waals surface area contributed by atoms with E-state index in [9.17, 15) is 8.42 Å². The van der Waals surface area contributed by atoms with E-state index in [1.807, 2.05) is 20.8 Å². The van der Waals surface area contributed by atoms with Crippen molar-refractivity contribution in [3.8, 4) is 5.75 Å². The van der Waals surface area contributed by atoms with Gasteiger partial charge in [0.2, 0.25) is 10.0 Å². The summed E-state index contributed by atoms with van der Waals surface area (Å²) in [5, 5.41) is 0. The summed E-state index contributed by atoms with van der Waals surface area (Å²) >= 11 is 3.26.